The van der Waals surface area contributed by atoms with Gasteiger partial charge in [0.1, 0.15) is 5.82 Å². The number of carbonyl (C=O) groups is 1. The molecular formula is C17H13F4N5O4. The molecule has 0 bridgehead atoms. The molecule has 0 aliphatic carbocycles. The summed E-state index contributed by atoms with van der Waals surface area (Å²) in [6.07, 6.45) is -5.02. The molecule has 0 atom stereocenters. The third kappa shape index (κ3) is 4.18. The number of carbonyl (C=O) groups excluding carboxylic acids is 1. The summed E-state index contributed by atoms with van der Waals surface area (Å²) >= 11 is 0. The molecular weight excluding hydrogens is 414 g/mol. The molecule has 158 valence electrons. The third-order valence-corrected chi connectivity index (χ3v) is 4.22. The van der Waals surface area contributed by atoms with Gasteiger partial charge in [0.15, 0.2) is 0 Å². The number of hydrogen-bond acceptors (Lipinski definition) is 7. The average Bonchev–Trinajstić information content (AvgIpc) is 3.06. The second-order valence-corrected chi connectivity index (χ2v) is 6.25. The Labute approximate surface area is 165 Å². The summed E-state index contributed by atoms with van der Waals surface area (Å²) in [6.45, 7) is 3.03. The molecule has 0 spiro atoms. The van der Waals surface area contributed by atoms with E-state index in [0.717, 1.165) is 16.6 Å². The lowest BCUT2D eigenvalue weighted by molar-refractivity contribution is -0.385. The van der Waals surface area contributed by atoms with Gasteiger partial charge >= 0.3 is 17.8 Å². The lowest BCUT2D eigenvalue weighted by Crippen LogP contribution is -2.13. The monoisotopic (exact) mass is 427 g/mol. The van der Waals surface area contributed by atoms with E-state index in [2.05, 4.69) is 15.1 Å². The molecule has 0 fully saturated rings. The fraction of sp³-hybridized carbons (Fsp3) is 0.294. The van der Waals surface area contributed by atoms with Crippen molar-refractivity contribution in [3.05, 3.63) is 56.9 Å². The fourth-order valence-corrected chi connectivity index (χ4v) is 2.81. The van der Waals surface area contributed by atoms with Crippen LogP contribution in [0.25, 0.3) is 5.78 Å². The van der Waals surface area contributed by atoms with Crippen molar-refractivity contribution < 1.29 is 32.0 Å². The van der Waals surface area contributed by atoms with Crippen molar-refractivity contribution in [1.82, 2.24) is 19.6 Å². The van der Waals surface area contributed by atoms with Gasteiger partial charge in [0.2, 0.25) is 5.75 Å². The molecule has 3 rings (SSSR count). The predicted molar refractivity (Wildman–Crippen MR) is 92.3 cm³/mol. The summed E-state index contributed by atoms with van der Waals surface area (Å²) in [5.41, 5.74) is 0.491. The Bertz CT molecular complexity index is 1160. The minimum absolute atomic E-state index is 0.00373. The van der Waals surface area contributed by atoms with E-state index < -0.39 is 40.1 Å². The molecule has 0 amide bonds. The van der Waals surface area contributed by atoms with Gasteiger partial charge in [-0.25, -0.2) is 13.9 Å². The Morgan fingerprint density at radius 1 is 1.27 bits per heavy atom. The maximum Gasteiger partial charge on any atom is 0.453 e. The fourth-order valence-electron chi connectivity index (χ4n) is 2.81. The quantitative estimate of drug-likeness (QED) is 0.202. The number of aryl methyl sites for hydroxylation is 2. The number of nitrogens with zero attached hydrogens (tertiary/aromatic N) is 5. The van der Waals surface area contributed by atoms with Gasteiger partial charge < -0.3 is 4.74 Å². The Hall–Kier alpha value is -3.64. The summed E-state index contributed by atoms with van der Waals surface area (Å²) in [5.74, 6) is -3.84. The van der Waals surface area contributed by atoms with Crippen LogP contribution in [0.5, 0.6) is 5.75 Å². The zero-order valence-corrected chi connectivity index (χ0v) is 15.5. The number of nitro groups is 1. The molecule has 0 unspecified atom stereocenters. The van der Waals surface area contributed by atoms with Crippen LogP contribution >= 0.6 is 0 Å². The van der Waals surface area contributed by atoms with Crippen LogP contribution in [0.15, 0.2) is 18.2 Å². The van der Waals surface area contributed by atoms with E-state index in [9.17, 15) is 32.5 Å². The molecule has 30 heavy (non-hydrogen) atoms. The number of rotatable bonds is 5. The van der Waals surface area contributed by atoms with Crippen LogP contribution < -0.4 is 4.74 Å². The molecule has 0 radical (unpaired) electrons. The Balaban J connectivity index is 1.81. The molecule has 13 heteroatoms. The maximum atomic E-state index is 13.3. The van der Waals surface area contributed by atoms with E-state index in [-0.39, 0.29) is 18.6 Å². The molecule has 0 N–H and O–H groups in total. The van der Waals surface area contributed by atoms with Gasteiger partial charge in [-0.3, -0.25) is 14.9 Å². The first-order chi connectivity index (χ1) is 14.0. The van der Waals surface area contributed by atoms with Gasteiger partial charge in [0.25, 0.3) is 11.6 Å². The van der Waals surface area contributed by atoms with Gasteiger partial charge in [-0.1, -0.05) is 0 Å². The van der Waals surface area contributed by atoms with E-state index in [1.807, 2.05) is 0 Å². The topological polar surface area (TPSA) is 113 Å². The standard InChI is InChI=1S/C17H13F4N5O4/c1-8-11(9(2)25-16(22-8)23-15(24-25)17(19,20)21)4-6-14(27)30-13-7-10(18)3-5-12(13)26(28)29/h3,5,7H,4,6H2,1-2H3. The van der Waals surface area contributed by atoms with Crippen molar-refractivity contribution in [1.29, 1.82) is 0 Å². The minimum Gasteiger partial charge on any atom is -0.419 e. The van der Waals surface area contributed by atoms with Gasteiger partial charge in [0.05, 0.1) is 11.3 Å². The summed E-state index contributed by atoms with van der Waals surface area (Å²) in [6, 6.07) is 2.44. The highest BCUT2D eigenvalue weighted by Gasteiger charge is 2.37. The third-order valence-electron chi connectivity index (χ3n) is 4.22. The highest BCUT2D eigenvalue weighted by molar-refractivity contribution is 5.74. The van der Waals surface area contributed by atoms with Crippen molar-refractivity contribution >= 4 is 17.4 Å². The molecule has 0 aliphatic heterocycles. The SMILES string of the molecule is Cc1nc2nc(C(F)(F)F)nn2c(C)c1CCC(=O)Oc1cc(F)ccc1[N+](=O)[O-]. The highest BCUT2D eigenvalue weighted by atomic mass is 19.4. The van der Waals surface area contributed by atoms with Crippen LogP contribution in [0.3, 0.4) is 0 Å². The van der Waals surface area contributed by atoms with Crippen molar-refractivity contribution in [2.45, 2.75) is 32.9 Å². The molecule has 9 nitrogen and oxygen atoms in total. The molecule has 1 aromatic carbocycles. The van der Waals surface area contributed by atoms with E-state index in [1.165, 1.54) is 13.8 Å². The Morgan fingerprint density at radius 2 is 1.97 bits per heavy atom. The van der Waals surface area contributed by atoms with Crippen LogP contribution in [0.1, 0.15) is 29.2 Å². The molecule has 2 aromatic heterocycles. The minimum atomic E-state index is -4.74. The van der Waals surface area contributed by atoms with Crippen LogP contribution in [-0.4, -0.2) is 30.5 Å². The summed E-state index contributed by atoms with van der Waals surface area (Å²) in [5, 5.41) is 14.4. The van der Waals surface area contributed by atoms with Crippen molar-refractivity contribution in [2.75, 3.05) is 0 Å². The van der Waals surface area contributed by atoms with E-state index in [1.54, 1.807) is 0 Å². The smallest absolute Gasteiger partial charge is 0.419 e. The van der Waals surface area contributed by atoms with Crippen LogP contribution in [-0.2, 0) is 17.4 Å². The first-order valence-corrected chi connectivity index (χ1v) is 8.42. The highest BCUT2D eigenvalue weighted by Crippen LogP contribution is 2.29. The van der Waals surface area contributed by atoms with Crippen LogP contribution in [0.2, 0.25) is 0 Å². The number of esters is 1. The first kappa shape index (κ1) is 21.1. The number of ether oxygens (including phenoxy) is 1. The molecule has 3 aromatic rings. The lowest BCUT2D eigenvalue weighted by atomic mass is 10.1. The Morgan fingerprint density at radius 3 is 2.60 bits per heavy atom. The normalized spacial score (nSPS) is 11.7. The first-order valence-electron chi connectivity index (χ1n) is 8.42. The molecule has 2 heterocycles. The van der Waals surface area contributed by atoms with Gasteiger partial charge in [-0.2, -0.15) is 18.2 Å². The summed E-state index contributed by atoms with van der Waals surface area (Å²) in [4.78, 5) is 29.6. The number of hydrogen-bond donors (Lipinski definition) is 0. The van der Waals surface area contributed by atoms with Crippen molar-refractivity contribution in [2.24, 2.45) is 0 Å². The lowest BCUT2D eigenvalue weighted by Gasteiger charge is -2.10. The average molecular weight is 427 g/mol. The second kappa shape index (κ2) is 7.65. The molecule has 0 aliphatic rings. The van der Waals surface area contributed by atoms with Crippen molar-refractivity contribution in [3.8, 4) is 5.75 Å². The maximum absolute atomic E-state index is 13.3. The van der Waals surface area contributed by atoms with E-state index in [4.69, 9.17) is 4.74 Å². The van der Waals surface area contributed by atoms with Gasteiger partial charge in [0, 0.05) is 23.5 Å². The van der Waals surface area contributed by atoms with E-state index >= 15 is 0 Å². The molecule has 0 saturated heterocycles. The van der Waals surface area contributed by atoms with Gasteiger partial charge in [-0.15, -0.1) is 5.10 Å². The zero-order chi connectivity index (χ0) is 22.2. The summed E-state index contributed by atoms with van der Waals surface area (Å²) < 4.78 is 57.7. The van der Waals surface area contributed by atoms with Crippen molar-refractivity contribution in [3.63, 3.8) is 0 Å². The summed E-state index contributed by atoms with van der Waals surface area (Å²) in [7, 11) is 0. The predicted octanol–water partition coefficient (Wildman–Crippen LogP) is 3.35. The largest absolute Gasteiger partial charge is 0.453 e. The number of benzene rings is 1. The number of halogens is 4. The second-order valence-electron chi connectivity index (χ2n) is 6.25. The number of alkyl halides is 3. The molecule has 0 saturated carbocycles. The van der Waals surface area contributed by atoms with Crippen LogP contribution in [0.4, 0.5) is 23.2 Å². The zero-order valence-electron chi connectivity index (χ0n) is 15.5. The van der Waals surface area contributed by atoms with Crippen LogP contribution in [0, 0.1) is 29.8 Å². The Kier molecular flexibility index (Phi) is 5.37. The number of fused-ring (bicyclic) bond motifs is 1. The number of nitro benzene ring substituents is 1. The van der Waals surface area contributed by atoms with Gasteiger partial charge in [-0.05, 0) is 31.9 Å². The van der Waals surface area contributed by atoms with E-state index in [0.29, 0.717) is 23.0 Å². The number of aromatic nitrogens is 4.